The molecule has 0 bridgehead atoms. The molecule has 10 heteroatoms. The first-order valence-electron chi connectivity index (χ1n) is 11.9. The van der Waals surface area contributed by atoms with E-state index >= 15 is 0 Å². The Bertz CT molecular complexity index is 1350. The van der Waals surface area contributed by atoms with Crippen LogP contribution in [0.25, 0.3) is 11.0 Å². The second-order valence-corrected chi connectivity index (χ2v) is 9.03. The standard InChI is InChI=1S/C26H28FN7O2/c1-17-12-32-25-24(17)23(4-5-31-25)36-22-3-2-18(10-20(22)27)11-21(28)26(35)34-8-6-33(7-9-34)15-19-13-29-16-30-14-19/h2-5,10,12-14,16,21H,6-9,11,15,28H2,1H3,(H,31,32)/t21-/m0/s1. The third-order valence-electron chi connectivity index (χ3n) is 6.43. The number of rotatable bonds is 7. The second-order valence-electron chi connectivity index (χ2n) is 9.03. The number of nitrogens with two attached hydrogens (primary N) is 1. The van der Waals surface area contributed by atoms with Gasteiger partial charge in [-0.2, -0.15) is 0 Å². The molecule has 1 saturated heterocycles. The summed E-state index contributed by atoms with van der Waals surface area (Å²) in [6.45, 7) is 5.37. The second kappa shape index (κ2) is 10.4. The quantitative estimate of drug-likeness (QED) is 0.410. The zero-order chi connectivity index (χ0) is 25.1. The Morgan fingerprint density at radius 3 is 2.67 bits per heavy atom. The number of fused-ring (bicyclic) bond motifs is 1. The van der Waals surface area contributed by atoms with Gasteiger partial charge in [-0.25, -0.2) is 19.3 Å². The number of nitrogens with one attached hydrogen (secondary N) is 1. The van der Waals surface area contributed by atoms with Crippen LogP contribution >= 0.6 is 0 Å². The van der Waals surface area contributed by atoms with Gasteiger partial charge in [0.25, 0.3) is 0 Å². The lowest BCUT2D eigenvalue weighted by molar-refractivity contribution is -0.134. The molecular weight excluding hydrogens is 461 g/mol. The fraction of sp³-hybridized carbons (Fsp3) is 0.308. The minimum absolute atomic E-state index is 0.103. The highest BCUT2D eigenvalue weighted by Gasteiger charge is 2.26. The number of aromatic amines is 1. The molecule has 1 aliphatic rings. The van der Waals surface area contributed by atoms with E-state index in [1.807, 2.05) is 13.1 Å². The van der Waals surface area contributed by atoms with Crippen LogP contribution in [0.2, 0.25) is 0 Å². The number of ether oxygens (including phenoxy) is 1. The zero-order valence-corrected chi connectivity index (χ0v) is 20.0. The van der Waals surface area contributed by atoms with E-state index in [1.54, 1.807) is 41.7 Å². The Labute approximate surface area is 208 Å². The van der Waals surface area contributed by atoms with Crippen LogP contribution in [0.15, 0.2) is 55.4 Å². The summed E-state index contributed by atoms with van der Waals surface area (Å²) in [5.74, 6) is -0.00718. The summed E-state index contributed by atoms with van der Waals surface area (Å²) in [5.41, 5.74) is 9.56. The van der Waals surface area contributed by atoms with Gasteiger partial charge in [0.05, 0.1) is 11.4 Å². The first-order valence-corrected chi connectivity index (χ1v) is 11.9. The molecule has 0 aliphatic carbocycles. The number of carbonyl (C=O) groups is 1. The van der Waals surface area contributed by atoms with Crippen LogP contribution in [0.4, 0.5) is 4.39 Å². The molecule has 4 heterocycles. The molecule has 1 atom stereocenters. The normalized spacial score (nSPS) is 15.2. The number of aryl methyl sites for hydroxylation is 1. The van der Waals surface area contributed by atoms with E-state index in [0.29, 0.717) is 30.0 Å². The molecule has 186 valence electrons. The van der Waals surface area contributed by atoms with Gasteiger partial charge in [0.2, 0.25) is 5.91 Å². The minimum Gasteiger partial charge on any atom is -0.453 e. The number of pyridine rings is 1. The van der Waals surface area contributed by atoms with Gasteiger partial charge < -0.3 is 20.4 Å². The van der Waals surface area contributed by atoms with E-state index < -0.39 is 11.9 Å². The highest BCUT2D eigenvalue weighted by Crippen LogP contribution is 2.32. The molecule has 3 N–H and O–H groups in total. The molecule has 36 heavy (non-hydrogen) atoms. The van der Waals surface area contributed by atoms with E-state index in [0.717, 1.165) is 36.1 Å². The van der Waals surface area contributed by atoms with E-state index in [4.69, 9.17) is 10.5 Å². The van der Waals surface area contributed by atoms with Gasteiger partial charge in [-0.15, -0.1) is 0 Å². The molecule has 0 unspecified atom stereocenters. The van der Waals surface area contributed by atoms with Crippen molar-refractivity contribution in [2.45, 2.75) is 25.9 Å². The largest absolute Gasteiger partial charge is 0.453 e. The zero-order valence-electron chi connectivity index (χ0n) is 20.0. The van der Waals surface area contributed by atoms with Crippen molar-refractivity contribution in [2.75, 3.05) is 26.2 Å². The first kappa shape index (κ1) is 23.8. The van der Waals surface area contributed by atoms with Crippen molar-refractivity contribution < 1.29 is 13.9 Å². The van der Waals surface area contributed by atoms with Crippen molar-refractivity contribution in [1.82, 2.24) is 29.7 Å². The molecule has 0 radical (unpaired) electrons. The fourth-order valence-electron chi connectivity index (χ4n) is 4.51. The molecule has 1 amide bonds. The highest BCUT2D eigenvalue weighted by molar-refractivity contribution is 5.86. The summed E-state index contributed by atoms with van der Waals surface area (Å²) in [6, 6.07) is 5.66. The minimum atomic E-state index is -0.743. The number of nitrogens with zero attached hydrogens (tertiary/aromatic N) is 5. The van der Waals surface area contributed by atoms with Crippen LogP contribution in [-0.2, 0) is 17.8 Å². The molecule has 0 spiro atoms. The molecule has 1 fully saturated rings. The molecule has 4 aromatic rings. The van der Waals surface area contributed by atoms with Crippen LogP contribution in [0, 0.1) is 12.7 Å². The number of hydrogen-bond acceptors (Lipinski definition) is 7. The summed E-state index contributed by atoms with van der Waals surface area (Å²) in [5, 5.41) is 0.811. The van der Waals surface area contributed by atoms with Crippen LogP contribution < -0.4 is 10.5 Å². The topological polar surface area (TPSA) is 113 Å². The fourth-order valence-corrected chi connectivity index (χ4v) is 4.51. The van der Waals surface area contributed by atoms with Crippen molar-refractivity contribution in [3.8, 4) is 11.5 Å². The molecular formula is C26H28FN7O2. The average Bonchev–Trinajstić information content (AvgIpc) is 3.28. The monoisotopic (exact) mass is 489 g/mol. The SMILES string of the molecule is Cc1c[nH]c2nccc(Oc3ccc(C[C@H](N)C(=O)N4CCN(Cc5cncnc5)CC4)cc3F)c12. The lowest BCUT2D eigenvalue weighted by atomic mass is 10.0. The van der Waals surface area contributed by atoms with Crippen molar-refractivity contribution in [2.24, 2.45) is 5.73 Å². The lowest BCUT2D eigenvalue weighted by Crippen LogP contribution is -2.53. The van der Waals surface area contributed by atoms with Crippen LogP contribution in [0.3, 0.4) is 0 Å². The summed E-state index contributed by atoms with van der Waals surface area (Å²) < 4.78 is 20.8. The van der Waals surface area contributed by atoms with Crippen molar-refractivity contribution in [3.05, 3.63) is 77.9 Å². The Morgan fingerprint density at radius 2 is 1.92 bits per heavy atom. The number of amides is 1. The number of carbonyl (C=O) groups excluding carboxylic acids is 1. The third kappa shape index (κ3) is 5.19. The summed E-state index contributed by atoms with van der Waals surface area (Å²) in [7, 11) is 0. The van der Waals surface area contributed by atoms with Gasteiger partial charge in [0.1, 0.15) is 17.7 Å². The Hall–Kier alpha value is -3.89. The van der Waals surface area contributed by atoms with Crippen LogP contribution in [0.5, 0.6) is 11.5 Å². The maximum absolute atomic E-state index is 14.9. The predicted octanol–water partition coefficient (Wildman–Crippen LogP) is 2.81. The number of H-pyrrole nitrogens is 1. The van der Waals surface area contributed by atoms with Gasteiger partial charge >= 0.3 is 0 Å². The molecule has 1 aliphatic heterocycles. The van der Waals surface area contributed by atoms with Crippen molar-refractivity contribution >= 4 is 16.9 Å². The summed E-state index contributed by atoms with van der Waals surface area (Å²) in [4.78, 5) is 32.4. The van der Waals surface area contributed by atoms with Crippen LogP contribution in [0.1, 0.15) is 16.7 Å². The van der Waals surface area contributed by atoms with E-state index in [1.165, 1.54) is 12.4 Å². The van der Waals surface area contributed by atoms with E-state index in [-0.39, 0.29) is 18.1 Å². The van der Waals surface area contributed by atoms with Crippen LogP contribution in [-0.4, -0.2) is 67.9 Å². The first-order chi connectivity index (χ1) is 17.5. The van der Waals surface area contributed by atoms with E-state index in [2.05, 4.69) is 24.8 Å². The maximum atomic E-state index is 14.9. The van der Waals surface area contributed by atoms with Gasteiger partial charge in [0.15, 0.2) is 11.6 Å². The summed E-state index contributed by atoms with van der Waals surface area (Å²) >= 11 is 0. The third-order valence-corrected chi connectivity index (χ3v) is 6.43. The smallest absolute Gasteiger partial charge is 0.239 e. The average molecular weight is 490 g/mol. The van der Waals surface area contributed by atoms with Crippen molar-refractivity contribution in [1.29, 1.82) is 0 Å². The Morgan fingerprint density at radius 1 is 1.14 bits per heavy atom. The highest BCUT2D eigenvalue weighted by atomic mass is 19.1. The van der Waals surface area contributed by atoms with Gasteiger partial charge in [-0.1, -0.05) is 6.07 Å². The Kier molecular flexibility index (Phi) is 6.88. The molecule has 1 aromatic carbocycles. The molecule has 9 nitrogen and oxygen atoms in total. The lowest BCUT2D eigenvalue weighted by Gasteiger charge is -2.35. The Balaban J connectivity index is 1.17. The molecule has 5 rings (SSSR count). The van der Waals surface area contributed by atoms with Gasteiger partial charge in [0, 0.05) is 63.1 Å². The number of benzene rings is 1. The number of halogens is 1. The number of aromatic nitrogens is 4. The van der Waals surface area contributed by atoms with Gasteiger partial charge in [-0.05, 0) is 42.7 Å². The summed E-state index contributed by atoms with van der Waals surface area (Å²) in [6.07, 6.45) is 8.80. The molecule has 3 aromatic heterocycles. The van der Waals surface area contributed by atoms with Gasteiger partial charge in [-0.3, -0.25) is 9.69 Å². The number of hydrogen-bond donors (Lipinski definition) is 2. The number of piperazine rings is 1. The molecule has 0 saturated carbocycles. The van der Waals surface area contributed by atoms with Crippen molar-refractivity contribution in [3.63, 3.8) is 0 Å². The maximum Gasteiger partial charge on any atom is 0.239 e. The predicted molar refractivity (Wildman–Crippen MR) is 133 cm³/mol. The van der Waals surface area contributed by atoms with E-state index in [9.17, 15) is 9.18 Å².